The first kappa shape index (κ1) is 15.0. The highest BCUT2D eigenvalue weighted by molar-refractivity contribution is 9.10. The molecule has 1 aromatic heterocycles. The topological polar surface area (TPSA) is 42.1 Å². The minimum atomic E-state index is -0.300. The van der Waals surface area contributed by atoms with Gasteiger partial charge in [-0.1, -0.05) is 15.9 Å². The van der Waals surface area contributed by atoms with Crippen LogP contribution < -0.4 is 0 Å². The average Bonchev–Trinajstić information content (AvgIpc) is 2.73. The van der Waals surface area contributed by atoms with Crippen molar-refractivity contribution in [1.82, 2.24) is 4.98 Å². The molecule has 0 radical (unpaired) electrons. The first-order valence-corrected chi connectivity index (χ1v) is 9.12. The maximum Gasteiger partial charge on any atom is 0.340 e. The highest BCUT2D eigenvalue weighted by Gasteiger charge is 2.21. The Balaban J connectivity index is 2.08. The third kappa shape index (κ3) is 2.99. The number of rotatable bonds is 2. The first-order chi connectivity index (χ1) is 10.2. The van der Waals surface area contributed by atoms with Gasteiger partial charge in [0.1, 0.15) is 0 Å². The third-order valence-electron chi connectivity index (χ3n) is 4.08. The number of carbonyl (C=O) groups is 1. The van der Waals surface area contributed by atoms with E-state index in [1.165, 1.54) is 43.4 Å². The number of ether oxygens (including phenoxy) is 1. The average molecular weight is 368 g/mol. The number of esters is 1. The molecular formula is C16H18BrNO2S. The van der Waals surface area contributed by atoms with Gasteiger partial charge in [-0.15, -0.1) is 0 Å². The van der Waals surface area contributed by atoms with Crippen LogP contribution in [-0.2, 0) is 4.74 Å². The van der Waals surface area contributed by atoms with Crippen LogP contribution in [0.25, 0.3) is 10.9 Å². The van der Waals surface area contributed by atoms with Crippen molar-refractivity contribution in [3.05, 3.63) is 33.9 Å². The van der Waals surface area contributed by atoms with Gasteiger partial charge in [0.05, 0.1) is 18.2 Å². The summed E-state index contributed by atoms with van der Waals surface area (Å²) in [6, 6.07) is 3.92. The Morgan fingerprint density at radius 3 is 3.05 bits per heavy atom. The molecule has 3 nitrogen and oxygen atoms in total. The molecule has 1 saturated heterocycles. The van der Waals surface area contributed by atoms with Crippen LogP contribution in [0.1, 0.15) is 41.1 Å². The molecule has 1 aliphatic rings. The van der Waals surface area contributed by atoms with E-state index in [1.807, 2.05) is 17.8 Å². The van der Waals surface area contributed by atoms with Crippen molar-refractivity contribution >= 4 is 44.6 Å². The molecule has 112 valence electrons. The molecule has 1 atom stereocenters. The van der Waals surface area contributed by atoms with Crippen molar-refractivity contribution in [3.63, 3.8) is 0 Å². The number of aromatic nitrogens is 1. The van der Waals surface area contributed by atoms with Crippen molar-refractivity contribution in [1.29, 1.82) is 0 Å². The van der Waals surface area contributed by atoms with Crippen molar-refractivity contribution < 1.29 is 9.53 Å². The molecule has 2 heterocycles. The first-order valence-electron chi connectivity index (χ1n) is 7.17. The normalized spacial score (nSPS) is 19.4. The summed E-state index contributed by atoms with van der Waals surface area (Å²) in [7, 11) is 1.42. The third-order valence-corrected chi connectivity index (χ3v) is 5.64. The molecule has 1 aliphatic heterocycles. The van der Waals surface area contributed by atoms with Gasteiger partial charge in [-0.05, 0) is 54.4 Å². The number of H-pyrrole nitrogens is 1. The Hall–Kier alpha value is -0.940. The Morgan fingerprint density at radius 1 is 1.38 bits per heavy atom. The molecule has 5 heteroatoms. The van der Waals surface area contributed by atoms with Crippen LogP contribution in [0.3, 0.4) is 0 Å². The van der Waals surface area contributed by atoms with Gasteiger partial charge in [-0.3, -0.25) is 0 Å². The van der Waals surface area contributed by atoms with Crippen LogP contribution >= 0.6 is 27.7 Å². The Labute approximate surface area is 137 Å². The van der Waals surface area contributed by atoms with Crippen molar-refractivity contribution in [2.45, 2.75) is 25.2 Å². The zero-order valence-electron chi connectivity index (χ0n) is 11.9. The van der Waals surface area contributed by atoms with E-state index in [-0.39, 0.29) is 5.97 Å². The number of hydrogen-bond donors (Lipinski definition) is 1. The fourth-order valence-corrected chi connectivity index (χ4v) is 4.53. The van der Waals surface area contributed by atoms with Gasteiger partial charge >= 0.3 is 5.97 Å². The van der Waals surface area contributed by atoms with Crippen LogP contribution in [0.5, 0.6) is 0 Å². The summed E-state index contributed by atoms with van der Waals surface area (Å²) in [5.41, 5.74) is 2.81. The van der Waals surface area contributed by atoms with Crippen LogP contribution in [0.2, 0.25) is 0 Å². The van der Waals surface area contributed by atoms with E-state index in [1.54, 1.807) is 0 Å². The summed E-state index contributed by atoms with van der Waals surface area (Å²) >= 11 is 5.56. The standard InChI is InChI=1S/C16H18BrNO2S/c1-20-16(19)13-8-11(17)7-12-14(9-18-15(12)13)10-3-2-5-21-6-4-10/h7-10,18H,2-6H2,1H3. The van der Waals surface area contributed by atoms with E-state index < -0.39 is 0 Å². The van der Waals surface area contributed by atoms with Gasteiger partial charge < -0.3 is 9.72 Å². The quantitative estimate of drug-likeness (QED) is 0.780. The van der Waals surface area contributed by atoms with Crippen LogP contribution in [0, 0.1) is 0 Å². The molecule has 21 heavy (non-hydrogen) atoms. The molecule has 0 bridgehead atoms. The lowest BCUT2D eigenvalue weighted by Gasteiger charge is -2.13. The Bertz CT molecular complexity index is 660. The molecule has 0 saturated carbocycles. The monoisotopic (exact) mass is 367 g/mol. The van der Waals surface area contributed by atoms with Gasteiger partial charge in [-0.25, -0.2) is 4.79 Å². The molecule has 2 aromatic rings. The van der Waals surface area contributed by atoms with Gasteiger partial charge in [-0.2, -0.15) is 11.8 Å². The van der Waals surface area contributed by atoms with Crippen LogP contribution in [0.15, 0.2) is 22.8 Å². The second-order valence-corrected chi connectivity index (χ2v) is 7.49. The van der Waals surface area contributed by atoms with Crippen molar-refractivity contribution in [3.8, 4) is 0 Å². The summed E-state index contributed by atoms with van der Waals surface area (Å²) in [6.07, 6.45) is 5.77. The minimum Gasteiger partial charge on any atom is -0.465 e. The van der Waals surface area contributed by atoms with E-state index in [2.05, 4.69) is 33.2 Å². The Kier molecular flexibility index (Phi) is 4.60. The Morgan fingerprint density at radius 2 is 2.24 bits per heavy atom. The highest BCUT2D eigenvalue weighted by atomic mass is 79.9. The predicted octanol–water partition coefficient (Wildman–Crippen LogP) is 4.72. The largest absolute Gasteiger partial charge is 0.465 e. The molecule has 0 aliphatic carbocycles. The van der Waals surface area contributed by atoms with Crippen LogP contribution in [0.4, 0.5) is 0 Å². The lowest BCUT2D eigenvalue weighted by molar-refractivity contribution is 0.0602. The number of benzene rings is 1. The molecule has 1 aromatic carbocycles. The number of halogens is 1. The predicted molar refractivity (Wildman–Crippen MR) is 91.3 cm³/mol. The summed E-state index contributed by atoms with van der Waals surface area (Å²) in [6.45, 7) is 0. The van der Waals surface area contributed by atoms with E-state index in [4.69, 9.17) is 4.74 Å². The van der Waals surface area contributed by atoms with Gasteiger partial charge in [0.15, 0.2) is 0 Å². The van der Waals surface area contributed by atoms with Gasteiger partial charge in [0.2, 0.25) is 0 Å². The number of methoxy groups -OCH3 is 1. The molecular weight excluding hydrogens is 350 g/mol. The molecule has 3 rings (SSSR count). The number of thioether (sulfide) groups is 1. The number of aromatic amines is 1. The fraction of sp³-hybridized carbons (Fsp3) is 0.438. The lowest BCUT2D eigenvalue weighted by Crippen LogP contribution is -2.02. The number of fused-ring (bicyclic) bond motifs is 1. The second-order valence-electron chi connectivity index (χ2n) is 5.35. The smallest absolute Gasteiger partial charge is 0.340 e. The maximum atomic E-state index is 12.0. The van der Waals surface area contributed by atoms with Crippen molar-refractivity contribution in [2.24, 2.45) is 0 Å². The lowest BCUT2D eigenvalue weighted by atomic mass is 9.91. The number of nitrogens with one attached hydrogen (secondary N) is 1. The molecule has 0 amide bonds. The second kappa shape index (κ2) is 6.44. The van der Waals surface area contributed by atoms with E-state index in [0.29, 0.717) is 11.5 Å². The summed E-state index contributed by atoms with van der Waals surface area (Å²) in [5.74, 6) is 2.75. The number of carbonyl (C=O) groups excluding carboxylic acids is 1. The maximum absolute atomic E-state index is 12.0. The number of hydrogen-bond acceptors (Lipinski definition) is 3. The minimum absolute atomic E-state index is 0.300. The summed E-state index contributed by atoms with van der Waals surface area (Å²) in [4.78, 5) is 15.2. The SMILES string of the molecule is COC(=O)c1cc(Br)cc2c(C3CCCSCC3)c[nH]c12. The molecule has 1 N–H and O–H groups in total. The zero-order chi connectivity index (χ0) is 14.8. The summed E-state index contributed by atoms with van der Waals surface area (Å²) < 4.78 is 5.81. The van der Waals surface area contributed by atoms with E-state index in [0.717, 1.165) is 15.4 Å². The summed E-state index contributed by atoms with van der Waals surface area (Å²) in [5, 5.41) is 1.14. The fourth-order valence-electron chi connectivity index (χ4n) is 3.04. The van der Waals surface area contributed by atoms with Crippen LogP contribution in [-0.4, -0.2) is 29.6 Å². The molecule has 1 unspecified atom stereocenters. The van der Waals surface area contributed by atoms with Gasteiger partial charge in [0.25, 0.3) is 0 Å². The molecule has 1 fully saturated rings. The van der Waals surface area contributed by atoms with Crippen molar-refractivity contribution in [2.75, 3.05) is 18.6 Å². The molecule has 0 spiro atoms. The van der Waals surface area contributed by atoms with E-state index in [9.17, 15) is 4.79 Å². The zero-order valence-corrected chi connectivity index (χ0v) is 14.4. The van der Waals surface area contributed by atoms with E-state index >= 15 is 0 Å². The van der Waals surface area contributed by atoms with Gasteiger partial charge in [0, 0.05) is 16.1 Å². The highest BCUT2D eigenvalue weighted by Crippen LogP contribution is 2.37.